The van der Waals surface area contributed by atoms with Crippen molar-refractivity contribution in [3.63, 3.8) is 0 Å². The van der Waals surface area contributed by atoms with Crippen LogP contribution in [0.2, 0.25) is 0 Å². The smallest absolute Gasteiger partial charge is 0.311 e. The predicted molar refractivity (Wildman–Crippen MR) is 154 cm³/mol. The summed E-state index contributed by atoms with van der Waals surface area (Å²) in [6.45, 7) is -0.159. The first-order valence-corrected chi connectivity index (χ1v) is 14.0. The first-order valence-electron chi connectivity index (χ1n) is 13.2. The van der Waals surface area contributed by atoms with Crippen molar-refractivity contribution in [1.82, 2.24) is 10.2 Å². The number of ether oxygens (including phenoxy) is 2. The van der Waals surface area contributed by atoms with Gasteiger partial charge in [0.15, 0.2) is 6.61 Å². The molecule has 0 heterocycles. The molecule has 0 spiro atoms. The van der Waals surface area contributed by atoms with Crippen molar-refractivity contribution in [2.24, 2.45) is 0 Å². The minimum absolute atomic E-state index is 0.0274. The SMILES string of the molecule is COc1cc(OCC(=O)N(Cc2ccc(Br)cc2)[C@@H](Cc2ccccc2)C(=O)NC2CCCC2)ccc1[N+](=O)[O-]. The van der Waals surface area contributed by atoms with Gasteiger partial charge in [-0.25, -0.2) is 0 Å². The van der Waals surface area contributed by atoms with E-state index in [-0.39, 0.29) is 48.2 Å². The number of hydrogen-bond acceptors (Lipinski definition) is 6. The van der Waals surface area contributed by atoms with Crippen molar-refractivity contribution in [3.8, 4) is 11.5 Å². The number of carbonyl (C=O) groups excluding carboxylic acids is 2. The van der Waals surface area contributed by atoms with E-state index in [0.717, 1.165) is 41.3 Å². The van der Waals surface area contributed by atoms with E-state index < -0.39 is 11.0 Å². The van der Waals surface area contributed by atoms with Crippen molar-refractivity contribution in [2.45, 2.75) is 50.7 Å². The number of nitrogens with one attached hydrogen (secondary N) is 1. The number of nitrogens with zero attached hydrogens (tertiary/aromatic N) is 2. The summed E-state index contributed by atoms with van der Waals surface area (Å²) < 4.78 is 11.8. The van der Waals surface area contributed by atoms with Gasteiger partial charge in [0.05, 0.1) is 12.0 Å². The van der Waals surface area contributed by atoms with E-state index in [1.54, 1.807) is 4.90 Å². The molecule has 3 aromatic carbocycles. The Morgan fingerprint density at radius 2 is 1.75 bits per heavy atom. The first-order chi connectivity index (χ1) is 19.3. The zero-order chi connectivity index (χ0) is 28.5. The van der Waals surface area contributed by atoms with Gasteiger partial charge in [-0.05, 0) is 42.2 Å². The van der Waals surface area contributed by atoms with Crippen molar-refractivity contribution < 1.29 is 24.0 Å². The van der Waals surface area contributed by atoms with Crippen LogP contribution in [0.3, 0.4) is 0 Å². The Hall–Kier alpha value is -3.92. The van der Waals surface area contributed by atoms with Gasteiger partial charge in [-0.15, -0.1) is 0 Å². The summed E-state index contributed by atoms with van der Waals surface area (Å²) in [6, 6.07) is 20.6. The number of amides is 2. The molecule has 0 radical (unpaired) electrons. The molecule has 1 N–H and O–H groups in total. The Morgan fingerprint density at radius 3 is 2.40 bits per heavy atom. The van der Waals surface area contributed by atoms with Gasteiger partial charge in [0.25, 0.3) is 5.91 Å². The minimum atomic E-state index is -0.769. The van der Waals surface area contributed by atoms with Crippen molar-refractivity contribution >= 4 is 33.4 Å². The fraction of sp³-hybridized carbons (Fsp3) is 0.333. The normalized spacial score (nSPS) is 13.8. The minimum Gasteiger partial charge on any atom is -0.490 e. The third kappa shape index (κ3) is 7.81. The molecule has 0 bridgehead atoms. The average molecular weight is 611 g/mol. The van der Waals surface area contributed by atoms with Gasteiger partial charge in [0.2, 0.25) is 11.7 Å². The molecule has 0 saturated heterocycles. The third-order valence-electron chi connectivity index (χ3n) is 6.95. The molecule has 0 unspecified atom stereocenters. The first kappa shape index (κ1) is 29.1. The van der Waals surface area contributed by atoms with Crippen LogP contribution in [-0.2, 0) is 22.6 Å². The molecular formula is C30H32BrN3O6. The molecule has 10 heteroatoms. The fourth-order valence-corrected chi connectivity index (χ4v) is 5.10. The molecule has 1 fully saturated rings. The van der Waals surface area contributed by atoms with Gasteiger partial charge in [0, 0.05) is 35.6 Å². The lowest BCUT2D eigenvalue weighted by Crippen LogP contribution is -2.53. The molecular weight excluding hydrogens is 578 g/mol. The monoisotopic (exact) mass is 609 g/mol. The highest BCUT2D eigenvalue weighted by Gasteiger charge is 2.32. The number of rotatable bonds is 12. The molecule has 0 aliphatic heterocycles. The van der Waals surface area contributed by atoms with Crippen LogP contribution < -0.4 is 14.8 Å². The second-order valence-electron chi connectivity index (χ2n) is 9.72. The van der Waals surface area contributed by atoms with E-state index in [1.165, 1.54) is 25.3 Å². The van der Waals surface area contributed by atoms with Crippen LogP contribution in [0.5, 0.6) is 11.5 Å². The van der Waals surface area contributed by atoms with Gasteiger partial charge in [0.1, 0.15) is 11.8 Å². The quantitative estimate of drug-likeness (QED) is 0.216. The molecule has 4 rings (SSSR count). The van der Waals surface area contributed by atoms with E-state index in [0.29, 0.717) is 6.42 Å². The standard InChI is InChI=1S/C30H32BrN3O6/c1-39-28-18-25(15-16-26(28)34(37)38)40-20-29(35)33(19-22-11-13-23(31)14-12-22)27(17-21-7-3-2-4-8-21)30(36)32-24-9-5-6-10-24/h2-4,7-8,11-16,18,24,27H,5-6,9-10,17,19-20H2,1H3,(H,32,36)/t27-/m0/s1. The van der Waals surface area contributed by atoms with Gasteiger partial charge in [-0.1, -0.05) is 71.2 Å². The van der Waals surface area contributed by atoms with Gasteiger partial charge in [-0.3, -0.25) is 19.7 Å². The maximum absolute atomic E-state index is 13.8. The second-order valence-corrected chi connectivity index (χ2v) is 10.6. The summed E-state index contributed by atoms with van der Waals surface area (Å²) in [7, 11) is 1.33. The second kappa shape index (κ2) is 13.9. The van der Waals surface area contributed by atoms with Gasteiger partial charge in [-0.2, -0.15) is 0 Å². The van der Waals surface area contributed by atoms with Crippen LogP contribution in [0.4, 0.5) is 5.69 Å². The van der Waals surface area contributed by atoms with Crippen LogP contribution in [0.25, 0.3) is 0 Å². The average Bonchev–Trinajstić information content (AvgIpc) is 3.47. The Morgan fingerprint density at radius 1 is 1.05 bits per heavy atom. The van der Waals surface area contributed by atoms with Crippen LogP contribution >= 0.6 is 15.9 Å². The van der Waals surface area contributed by atoms with E-state index in [1.807, 2.05) is 54.6 Å². The molecule has 210 valence electrons. The van der Waals surface area contributed by atoms with Crippen molar-refractivity contribution in [3.05, 3.63) is 98.5 Å². The predicted octanol–water partition coefficient (Wildman–Crippen LogP) is 5.44. The van der Waals surface area contributed by atoms with E-state index >= 15 is 0 Å². The molecule has 1 aliphatic carbocycles. The largest absolute Gasteiger partial charge is 0.490 e. The number of carbonyl (C=O) groups is 2. The molecule has 0 aromatic heterocycles. The Kier molecular flexibility index (Phi) is 10.1. The summed E-state index contributed by atoms with van der Waals surface area (Å²) in [5.74, 6) is -0.310. The van der Waals surface area contributed by atoms with E-state index in [9.17, 15) is 19.7 Å². The lowest BCUT2D eigenvalue weighted by molar-refractivity contribution is -0.385. The molecule has 2 amide bonds. The Bertz CT molecular complexity index is 1310. The highest BCUT2D eigenvalue weighted by Crippen LogP contribution is 2.31. The van der Waals surface area contributed by atoms with Crippen LogP contribution in [0.15, 0.2) is 77.3 Å². The molecule has 40 heavy (non-hydrogen) atoms. The van der Waals surface area contributed by atoms with Gasteiger partial charge >= 0.3 is 5.69 Å². The molecule has 9 nitrogen and oxygen atoms in total. The Balaban J connectivity index is 1.61. The molecule has 3 aromatic rings. The third-order valence-corrected chi connectivity index (χ3v) is 7.48. The lowest BCUT2D eigenvalue weighted by Gasteiger charge is -2.32. The summed E-state index contributed by atoms with van der Waals surface area (Å²) in [5.41, 5.74) is 1.59. The van der Waals surface area contributed by atoms with Crippen LogP contribution in [-0.4, -0.2) is 47.4 Å². The zero-order valence-corrected chi connectivity index (χ0v) is 23.8. The summed E-state index contributed by atoms with van der Waals surface area (Å²) >= 11 is 3.45. The van der Waals surface area contributed by atoms with Crippen LogP contribution in [0, 0.1) is 10.1 Å². The van der Waals surface area contributed by atoms with Crippen molar-refractivity contribution in [1.29, 1.82) is 0 Å². The van der Waals surface area contributed by atoms with Crippen molar-refractivity contribution in [2.75, 3.05) is 13.7 Å². The fourth-order valence-electron chi connectivity index (χ4n) is 4.83. The van der Waals surface area contributed by atoms with Crippen LogP contribution in [0.1, 0.15) is 36.8 Å². The maximum Gasteiger partial charge on any atom is 0.311 e. The zero-order valence-electron chi connectivity index (χ0n) is 22.3. The molecule has 1 atom stereocenters. The molecule has 1 aliphatic rings. The summed E-state index contributed by atoms with van der Waals surface area (Å²) in [4.78, 5) is 39.7. The highest BCUT2D eigenvalue weighted by atomic mass is 79.9. The highest BCUT2D eigenvalue weighted by molar-refractivity contribution is 9.10. The van der Waals surface area contributed by atoms with Gasteiger partial charge < -0.3 is 19.7 Å². The number of nitro benzene ring substituents is 1. The number of methoxy groups -OCH3 is 1. The Labute approximate surface area is 241 Å². The summed E-state index contributed by atoms with van der Waals surface area (Å²) in [6.07, 6.45) is 4.34. The van der Waals surface area contributed by atoms with E-state index in [4.69, 9.17) is 9.47 Å². The maximum atomic E-state index is 13.8. The number of nitro groups is 1. The number of hydrogen-bond donors (Lipinski definition) is 1. The topological polar surface area (TPSA) is 111 Å². The number of halogens is 1. The number of benzene rings is 3. The summed E-state index contributed by atoms with van der Waals surface area (Å²) in [5, 5.41) is 14.4. The lowest BCUT2D eigenvalue weighted by atomic mass is 10.0. The molecule has 1 saturated carbocycles. The van der Waals surface area contributed by atoms with E-state index in [2.05, 4.69) is 21.2 Å².